The molecule has 6 N–H and O–H groups in total. The molecular weight excluding hydrogens is 1120 g/mol. The number of nitrogens with zero attached hydrogens (tertiary/aromatic N) is 2. The lowest BCUT2D eigenvalue weighted by Crippen LogP contribution is -2.28. The molecule has 3 aromatic heterocycles. The number of fused-ring (bicyclic) bond motifs is 8. The van der Waals surface area contributed by atoms with E-state index in [1.54, 1.807) is 64.8 Å². The number of hydrogen-bond acceptors (Lipinski definition) is 14. The Bertz CT molecular complexity index is 3740. The van der Waals surface area contributed by atoms with Gasteiger partial charge in [-0.2, -0.15) is 0 Å². The van der Waals surface area contributed by atoms with E-state index in [-0.39, 0.29) is 23.6 Å². The lowest BCUT2D eigenvalue weighted by atomic mass is 9.98. The molecule has 4 aromatic carbocycles. The summed E-state index contributed by atoms with van der Waals surface area (Å²) in [7, 11) is 6.36. The minimum atomic E-state index is -0.692. The molecule has 6 aliphatic heterocycles. The van der Waals surface area contributed by atoms with Gasteiger partial charge in [-0.15, -0.1) is 0 Å². The molecule has 8 bridgehead atoms. The topological polar surface area (TPSA) is 248 Å². The van der Waals surface area contributed by atoms with E-state index in [4.69, 9.17) is 47.9 Å². The fourth-order valence-corrected chi connectivity index (χ4v) is 12.5. The normalized spacial score (nSPS) is 18.5. The van der Waals surface area contributed by atoms with E-state index < -0.39 is 24.4 Å². The number of methoxy groups -OCH3 is 4. The molecule has 0 saturated carbocycles. The Labute approximate surface area is 507 Å². The number of hydrogen-bond donors (Lipinski definition) is 6. The second-order valence-electron chi connectivity index (χ2n) is 22.0. The number of benzene rings is 4. The number of H-pyrrole nitrogens is 2. The third kappa shape index (κ3) is 11.0. The molecule has 20 heteroatoms. The van der Waals surface area contributed by atoms with Crippen LogP contribution in [0.1, 0.15) is 74.1 Å². The number of anilines is 4. The van der Waals surface area contributed by atoms with E-state index in [9.17, 15) is 19.2 Å². The molecule has 4 atom stereocenters. The second kappa shape index (κ2) is 25.0. The van der Waals surface area contributed by atoms with E-state index in [0.717, 1.165) is 25.7 Å². The predicted octanol–water partition coefficient (Wildman–Crippen LogP) is 11.8. The zero-order valence-corrected chi connectivity index (χ0v) is 49.1. The summed E-state index contributed by atoms with van der Waals surface area (Å²) in [6, 6.07) is 29.5. The summed E-state index contributed by atoms with van der Waals surface area (Å²) < 4.78 is 48.3. The fraction of sp³-hybridized carbons (Fsp3) is 0.294. The molecule has 6 aliphatic rings. The molecule has 4 amide bonds. The first kappa shape index (κ1) is 57.5. The van der Waals surface area contributed by atoms with Gasteiger partial charge in [-0.05, 0) is 148 Å². The molecule has 4 unspecified atom stereocenters. The molecule has 450 valence electrons. The summed E-state index contributed by atoms with van der Waals surface area (Å²) >= 11 is 0. The number of carbonyl (C=O) groups is 4. The van der Waals surface area contributed by atoms with Crippen LogP contribution in [0.15, 0.2) is 97.1 Å². The van der Waals surface area contributed by atoms with Crippen molar-refractivity contribution in [3.63, 3.8) is 0 Å². The molecule has 4 fully saturated rings. The standard InChI is InChI=1S/C68H66N8O12/c1-81-49-17-7-18-50(82-2)63(49)61-45-29-25-41(69-45)59(57-37(73-65(77)53-21-9-33-85-53)13-5-14-38(57)74-66(78)54-22-10-34-86-54)43-27-31-47(71-43)62(64-51(83-3)19-8-20-52(64)84-4)48-32-28-44(72-48)60(42-26-30-46(61)70-42)58-39(75-67(79)55-23-11-35-87-55)15-6-16-40(58)76-68(80)56-24-12-36-88-56/h5-8,13-20,25-32,53-56,69,72H,9-12,21-24,33-36H2,1-4H3,(H,73,77)(H,74,78)(H,75,79)(H,76,80). The van der Waals surface area contributed by atoms with Crippen molar-refractivity contribution in [3.05, 3.63) is 120 Å². The van der Waals surface area contributed by atoms with Crippen molar-refractivity contribution in [2.75, 3.05) is 76.1 Å². The average Bonchev–Trinajstić information content (AvgIpc) is 1.90. The second-order valence-corrected chi connectivity index (χ2v) is 22.0. The predicted molar refractivity (Wildman–Crippen MR) is 337 cm³/mol. The van der Waals surface area contributed by atoms with Crippen LogP contribution >= 0.6 is 0 Å². The van der Waals surface area contributed by atoms with Gasteiger partial charge >= 0.3 is 0 Å². The van der Waals surface area contributed by atoms with E-state index in [2.05, 4.69) is 31.2 Å². The number of amides is 4. The largest absolute Gasteiger partial charge is 0.496 e. The van der Waals surface area contributed by atoms with Crippen LogP contribution in [0.4, 0.5) is 22.7 Å². The van der Waals surface area contributed by atoms with Crippen LogP contribution in [0.25, 0.3) is 90.9 Å². The summed E-state index contributed by atoms with van der Waals surface area (Å²) in [5.74, 6) is 0.574. The summed E-state index contributed by atoms with van der Waals surface area (Å²) in [5.41, 5.74) is 9.78. The molecule has 4 saturated heterocycles. The summed E-state index contributed by atoms with van der Waals surface area (Å²) in [6.45, 7) is 1.82. The van der Waals surface area contributed by atoms with Crippen LogP contribution in [0, 0.1) is 0 Å². The molecule has 9 heterocycles. The Morgan fingerprint density at radius 1 is 0.364 bits per heavy atom. The molecule has 7 aromatic rings. The van der Waals surface area contributed by atoms with E-state index >= 15 is 0 Å². The van der Waals surface area contributed by atoms with Gasteiger partial charge in [-0.1, -0.05) is 24.3 Å². The number of aromatic nitrogens is 4. The van der Waals surface area contributed by atoms with E-state index in [0.29, 0.717) is 187 Å². The maximum atomic E-state index is 14.3. The van der Waals surface area contributed by atoms with Crippen LogP contribution in [-0.4, -0.2) is 123 Å². The monoisotopic (exact) mass is 1190 g/mol. The van der Waals surface area contributed by atoms with E-state index in [1.807, 2.05) is 85.0 Å². The minimum Gasteiger partial charge on any atom is -0.496 e. The molecule has 0 spiro atoms. The Morgan fingerprint density at radius 2 is 0.614 bits per heavy atom. The lowest BCUT2D eigenvalue weighted by Gasteiger charge is -2.20. The molecule has 20 nitrogen and oxygen atoms in total. The van der Waals surface area contributed by atoms with Gasteiger partial charge in [0.1, 0.15) is 47.4 Å². The highest BCUT2D eigenvalue weighted by Crippen LogP contribution is 2.49. The van der Waals surface area contributed by atoms with Gasteiger partial charge in [-0.3, -0.25) is 19.2 Å². The summed E-state index contributed by atoms with van der Waals surface area (Å²) in [6.07, 6.45) is 9.92. The quantitative estimate of drug-likeness (QED) is 0.0527. The third-order valence-corrected chi connectivity index (χ3v) is 16.7. The number of ether oxygens (including phenoxy) is 8. The molecule has 88 heavy (non-hydrogen) atoms. The minimum absolute atomic E-state index is 0.335. The number of carbonyl (C=O) groups excluding carboxylic acids is 4. The van der Waals surface area contributed by atoms with Crippen molar-refractivity contribution in [1.82, 2.24) is 19.9 Å². The van der Waals surface area contributed by atoms with Crippen molar-refractivity contribution in [1.29, 1.82) is 0 Å². The van der Waals surface area contributed by atoms with Crippen LogP contribution in [-0.2, 0) is 38.1 Å². The maximum absolute atomic E-state index is 14.3. The van der Waals surface area contributed by atoms with Gasteiger partial charge in [0.05, 0.1) is 85.1 Å². The molecule has 13 rings (SSSR count). The fourth-order valence-electron chi connectivity index (χ4n) is 12.5. The zero-order chi connectivity index (χ0) is 60.4. The molecular formula is C68H66N8O12. The Morgan fingerprint density at radius 3 is 0.852 bits per heavy atom. The lowest BCUT2D eigenvalue weighted by molar-refractivity contribution is -0.125. The number of aromatic amines is 2. The van der Waals surface area contributed by atoms with Crippen molar-refractivity contribution < 1.29 is 57.1 Å². The zero-order valence-electron chi connectivity index (χ0n) is 49.1. The van der Waals surface area contributed by atoms with Gasteiger partial charge in [0, 0.05) is 81.9 Å². The maximum Gasteiger partial charge on any atom is 0.253 e. The smallest absolute Gasteiger partial charge is 0.253 e. The molecule has 0 radical (unpaired) electrons. The summed E-state index contributed by atoms with van der Waals surface area (Å²) in [5, 5.41) is 12.8. The first-order chi connectivity index (χ1) is 43.1. The first-order valence-corrected chi connectivity index (χ1v) is 29.7. The van der Waals surface area contributed by atoms with Gasteiger partial charge in [0.25, 0.3) is 23.6 Å². The van der Waals surface area contributed by atoms with Crippen molar-refractivity contribution in [2.45, 2.75) is 75.8 Å². The van der Waals surface area contributed by atoms with Gasteiger partial charge in [-0.25, -0.2) is 9.97 Å². The SMILES string of the molecule is COc1cccc(OC)c1-c1c2nc(c(-c3c(NC(=O)C4CCCO4)cccc3NC(=O)C3CCCO3)c3ccc([nH]3)c(-c3c(OC)cccc3OC)c3nc(c(-c4c(NC(=O)C5CCCO5)cccc4NC(=O)C4CCCO4)c4ccc1[nH]4)C=C3)C=C2. The first-order valence-electron chi connectivity index (χ1n) is 29.7. The van der Waals surface area contributed by atoms with Crippen LogP contribution < -0.4 is 40.2 Å². The van der Waals surface area contributed by atoms with Crippen molar-refractivity contribution >= 4 is 92.7 Å². The highest BCUT2D eigenvalue weighted by Gasteiger charge is 2.33. The Kier molecular flexibility index (Phi) is 16.3. The Balaban J connectivity index is 1.18. The van der Waals surface area contributed by atoms with Crippen LogP contribution in [0.5, 0.6) is 23.0 Å². The Hall–Kier alpha value is -9.60. The van der Waals surface area contributed by atoms with Gasteiger partial charge in [0.2, 0.25) is 0 Å². The van der Waals surface area contributed by atoms with Gasteiger partial charge in [0.15, 0.2) is 0 Å². The van der Waals surface area contributed by atoms with E-state index in [1.165, 1.54) is 0 Å². The number of rotatable bonds is 16. The molecule has 0 aliphatic carbocycles. The number of nitrogens with one attached hydrogen (secondary N) is 6. The highest BCUT2D eigenvalue weighted by atomic mass is 16.5. The van der Waals surface area contributed by atoms with Gasteiger partial charge < -0.3 is 69.1 Å². The highest BCUT2D eigenvalue weighted by molar-refractivity contribution is 6.12. The summed E-state index contributed by atoms with van der Waals surface area (Å²) in [4.78, 5) is 75.9. The van der Waals surface area contributed by atoms with Crippen molar-refractivity contribution in [3.8, 4) is 67.5 Å². The average molecular weight is 1190 g/mol. The third-order valence-electron chi connectivity index (χ3n) is 16.7. The van der Waals surface area contributed by atoms with Crippen molar-refractivity contribution in [2.24, 2.45) is 0 Å². The van der Waals surface area contributed by atoms with Crippen LogP contribution in [0.2, 0.25) is 0 Å². The van der Waals surface area contributed by atoms with Crippen LogP contribution in [0.3, 0.4) is 0 Å².